The maximum atomic E-state index is 12.6. The first kappa shape index (κ1) is 21.8. The first-order chi connectivity index (χ1) is 12.2. The summed E-state index contributed by atoms with van der Waals surface area (Å²) in [6.45, 7) is 7.04. The summed E-state index contributed by atoms with van der Waals surface area (Å²) in [5.74, 6) is 0.509. The van der Waals surface area contributed by atoms with E-state index in [0.717, 1.165) is 6.07 Å². The van der Waals surface area contributed by atoms with E-state index in [-0.39, 0.29) is 16.7 Å². The van der Waals surface area contributed by atoms with Gasteiger partial charge in [-0.25, -0.2) is 4.98 Å². The largest absolute Gasteiger partial charge is 0.483 e. The van der Waals surface area contributed by atoms with Crippen molar-refractivity contribution in [1.29, 1.82) is 0 Å². The quantitative estimate of drug-likeness (QED) is 0.636. The minimum atomic E-state index is -4.53. The minimum absolute atomic E-state index is 0.115. The van der Waals surface area contributed by atoms with Crippen LogP contribution in [0.25, 0.3) is 0 Å². The Hall–Kier alpha value is -2.28. The van der Waals surface area contributed by atoms with Crippen molar-refractivity contribution in [3.8, 4) is 17.4 Å². The first-order valence-corrected chi connectivity index (χ1v) is 8.22. The number of carbonyl (C=O) groups excluding carboxylic acids is 1. The molecule has 1 heterocycles. The molecule has 0 amide bonds. The van der Waals surface area contributed by atoms with E-state index in [0.29, 0.717) is 17.7 Å². The van der Waals surface area contributed by atoms with E-state index in [1.165, 1.54) is 19.1 Å². The molecular weight excluding hydrogens is 371 g/mol. The monoisotopic (exact) mass is 389 g/mol. The molecule has 0 radical (unpaired) electrons. The van der Waals surface area contributed by atoms with Gasteiger partial charge in [-0.2, -0.15) is 13.2 Å². The van der Waals surface area contributed by atoms with Gasteiger partial charge < -0.3 is 9.47 Å². The fourth-order valence-corrected chi connectivity index (χ4v) is 1.85. The van der Waals surface area contributed by atoms with Gasteiger partial charge in [0.05, 0.1) is 5.56 Å². The van der Waals surface area contributed by atoms with E-state index in [2.05, 4.69) is 4.98 Å². The lowest BCUT2D eigenvalue weighted by atomic mass is 10.2. The second-order valence-corrected chi connectivity index (χ2v) is 5.36. The molecule has 1 aromatic heterocycles. The number of aromatic nitrogens is 1. The van der Waals surface area contributed by atoms with E-state index in [1.807, 2.05) is 13.8 Å². The number of alkyl halides is 3. The molecule has 4 nitrogen and oxygen atoms in total. The Labute approximate surface area is 154 Å². The minimum Gasteiger partial charge on any atom is -0.483 e. The fraction of sp³-hybridized carbons (Fsp3) is 0.333. The second kappa shape index (κ2) is 9.43. The molecule has 0 saturated heterocycles. The number of carbonyl (C=O) groups is 1. The predicted octanol–water partition coefficient (Wildman–Crippen LogP) is 5.93. The lowest BCUT2D eigenvalue weighted by Gasteiger charge is -2.12. The molecular formula is C18H19ClF3NO3. The van der Waals surface area contributed by atoms with Crippen LogP contribution in [-0.4, -0.2) is 16.9 Å². The van der Waals surface area contributed by atoms with Crippen molar-refractivity contribution in [2.75, 3.05) is 0 Å². The summed E-state index contributed by atoms with van der Waals surface area (Å²) >= 11 is 5.77. The summed E-state index contributed by atoms with van der Waals surface area (Å²) in [6, 6.07) is 6.92. The predicted molar refractivity (Wildman–Crippen MR) is 92.9 cm³/mol. The third kappa shape index (κ3) is 6.22. The highest BCUT2D eigenvalue weighted by Gasteiger charge is 2.31. The molecule has 1 unspecified atom stereocenters. The molecule has 0 spiro atoms. The normalized spacial score (nSPS) is 11.8. The summed E-state index contributed by atoms with van der Waals surface area (Å²) in [6.07, 6.45) is -4.46. The maximum Gasteiger partial charge on any atom is 0.417 e. The van der Waals surface area contributed by atoms with Crippen LogP contribution in [0, 0.1) is 0 Å². The Kier molecular flexibility index (Phi) is 7.89. The number of hydrogen-bond acceptors (Lipinski definition) is 4. The molecule has 2 rings (SSSR count). The zero-order valence-electron chi connectivity index (χ0n) is 14.7. The maximum absolute atomic E-state index is 12.6. The van der Waals surface area contributed by atoms with E-state index in [4.69, 9.17) is 21.1 Å². The second-order valence-electron chi connectivity index (χ2n) is 4.95. The van der Waals surface area contributed by atoms with E-state index < -0.39 is 17.8 Å². The van der Waals surface area contributed by atoms with Crippen LogP contribution in [0.1, 0.15) is 33.3 Å². The van der Waals surface area contributed by atoms with Gasteiger partial charge in [0.2, 0.25) is 5.88 Å². The van der Waals surface area contributed by atoms with Crippen LogP contribution in [0.2, 0.25) is 5.02 Å². The standard InChI is InChI=1S/C16H13ClF3NO3.C2H6/c1-9(22)10(2)23-12-3-5-13(6-4-12)24-15-14(17)7-11(8-21-15)16(18,19)20;1-2/h3-8,10H,1-2H3;1-2H3. The highest BCUT2D eigenvalue weighted by molar-refractivity contribution is 6.31. The van der Waals surface area contributed by atoms with E-state index in [9.17, 15) is 18.0 Å². The lowest BCUT2D eigenvalue weighted by molar-refractivity contribution is -0.137. The van der Waals surface area contributed by atoms with Gasteiger partial charge in [0.25, 0.3) is 0 Å². The Morgan fingerprint density at radius 1 is 1.15 bits per heavy atom. The summed E-state index contributed by atoms with van der Waals surface area (Å²) < 4.78 is 48.4. The molecule has 142 valence electrons. The topological polar surface area (TPSA) is 48.4 Å². The molecule has 2 aromatic rings. The zero-order chi connectivity index (χ0) is 19.9. The van der Waals surface area contributed by atoms with Crippen molar-refractivity contribution in [1.82, 2.24) is 4.98 Å². The third-order valence-corrected chi connectivity index (χ3v) is 3.33. The summed E-state index contributed by atoms with van der Waals surface area (Å²) in [5.41, 5.74) is -0.957. The molecule has 0 aliphatic rings. The number of benzene rings is 1. The number of nitrogens with zero attached hydrogens (tertiary/aromatic N) is 1. The van der Waals surface area contributed by atoms with Gasteiger partial charge >= 0.3 is 6.18 Å². The van der Waals surface area contributed by atoms with Crippen LogP contribution < -0.4 is 9.47 Å². The summed E-state index contributed by atoms with van der Waals surface area (Å²) in [4.78, 5) is 14.7. The van der Waals surface area contributed by atoms with Crippen LogP contribution in [0.3, 0.4) is 0 Å². The Bertz CT molecular complexity index is 733. The van der Waals surface area contributed by atoms with Crippen molar-refractivity contribution in [3.05, 3.63) is 47.1 Å². The van der Waals surface area contributed by atoms with Gasteiger partial charge in [-0.15, -0.1) is 0 Å². The molecule has 1 atom stereocenters. The molecule has 0 N–H and O–H groups in total. The Morgan fingerprint density at radius 3 is 2.15 bits per heavy atom. The SMILES string of the molecule is CC.CC(=O)C(C)Oc1ccc(Oc2ncc(C(F)(F)F)cc2Cl)cc1. The van der Waals surface area contributed by atoms with Gasteiger partial charge in [0.15, 0.2) is 11.9 Å². The number of hydrogen-bond donors (Lipinski definition) is 0. The molecule has 0 saturated carbocycles. The van der Waals surface area contributed by atoms with Gasteiger partial charge in [-0.05, 0) is 44.2 Å². The molecule has 0 aliphatic carbocycles. The highest BCUT2D eigenvalue weighted by atomic mass is 35.5. The molecule has 8 heteroatoms. The zero-order valence-corrected chi connectivity index (χ0v) is 15.5. The van der Waals surface area contributed by atoms with Gasteiger partial charge in [-0.1, -0.05) is 25.4 Å². The van der Waals surface area contributed by atoms with Crippen LogP contribution in [0.5, 0.6) is 17.4 Å². The van der Waals surface area contributed by atoms with E-state index >= 15 is 0 Å². The van der Waals surface area contributed by atoms with E-state index in [1.54, 1.807) is 19.1 Å². The number of Topliss-reactive ketones (excluding diaryl/α,β-unsaturated/α-hetero) is 1. The molecule has 0 bridgehead atoms. The van der Waals surface area contributed by atoms with Crippen LogP contribution in [0.4, 0.5) is 13.2 Å². The van der Waals surface area contributed by atoms with Gasteiger partial charge in [0, 0.05) is 6.20 Å². The third-order valence-electron chi connectivity index (χ3n) is 3.06. The number of ketones is 1. The average Bonchev–Trinajstić information content (AvgIpc) is 2.59. The van der Waals surface area contributed by atoms with Crippen LogP contribution >= 0.6 is 11.6 Å². The van der Waals surface area contributed by atoms with Crippen LogP contribution in [-0.2, 0) is 11.0 Å². The van der Waals surface area contributed by atoms with Crippen molar-refractivity contribution in [2.45, 2.75) is 40.0 Å². The lowest BCUT2D eigenvalue weighted by Crippen LogP contribution is -2.20. The molecule has 26 heavy (non-hydrogen) atoms. The van der Waals surface area contributed by atoms with Crippen molar-refractivity contribution < 1.29 is 27.4 Å². The summed E-state index contributed by atoms with van der Waals surface area (Å²) in [5, 5.41) is -0.254. The van der Waals surface area contributed by atoms with Crippen molar-refractivity contribution in [2.24, 2.45) is 0 Å². The highest BCUT2D eigenvalue weighted by Crippen LogP contribution is 2.34. The van der Waals surface area contributed by atoms with Crippen molar-refractivity contribution >= 4 is 17.4 Å². The Morgan fingerprint density at radius 2 is 1.69 bits per heavy atom. The average molecular weight is 390 g/mol. The number of halogens is 4. The Balaban J connectivity index is 0.00000163. The number of pyridine rings is 1. The van der Waals surface area contributed by atoms with Gasteiger partial charge in [-0.3, -0.25) is 4.79 Å². The molecule has 0 fully saturated rings. The fourth-order valence-electron chi connectivity index (χ4n) is 1.64. The van der Waals surface area contributed by atoms with Crippen molar-refractivity contribution in [3.63, 3.8) is 0 Å². The van der Waals surface area contributed by atoms with Gasteiger partial charge in [0.1, 0.15) is 16.5 Å². The molecule has 0 aliphatic heterocycles. The number of ether oxygens (including phenoxy) is 2. The first-order valence-electron chi connectivity index (χ1n) is 7.84. The summed E-state index contributed by atoms with van der Waals surface area (Å²) in [7, 11) is 0. The smallest absolute Gasteiger partial charge is 0.417 e. The number of rotatable bonds is 5. The van der Waals surface area contributed by atoms with Crippen LogP contribution in [0.15, 0.2) is 36.5 Å². The molecule has 1 aromatic carbocycles.